The van der Waals surface area contributed by atoms with Crippen molar-refractivity contribution in [1.82, 2.24) is 0 Å². The molecule has 0 spiro atoms. The van der Waals surface area contributed by atoms with Gasteiger partial charge in [0.1, 0.15) is 17.4 Å². The number of rotatable bonds is 6. The van der Waals surface area contributed by atoms with E-state index in [0.717, 1.165) is 18.2 Å². The van der Waals surface area contributed by atoms with Gasteiger partial charge in [-0.1, -0.05) is 11.6 Å². The third kappa shape index (κ3) is 4.37. The zero-order valence-corrected chi connectivity index (χ0v) is 14.0. The second-order valence-corrected chi connectivity index (χ2v) is 5.26. The summed E-state index contributed by atoms with van der Waals surface area (Å²) in [5.74, 6) is -1.23. The number of nitrogens with zero attached hydrogens (tertiary/aromatic N) is 2. The van der Waals surface area contributed by atoms with Crippen LogP contribution in [-0.2, 0) is 4.79 Å². The molecule has 134 valence electrons. The molecular formula is C16H11ClFN3O5. The topological polar surface area (TPSA) is 114 Å². The number of halogens is 2. The molecule has 2 rings (SSSR count). The molecule has 0 radical (unpaired) electrons. The molecule has 0 saturated heterocycles. The summed E-state index contributed by atoms with van der Waals surface area (Å²) in [6, 6.07) is 7.47. The lowest BCUT2D eigenvalue weighted by Gasteiger charge is -2.11. The van der Waals surface area contributed by atoms with Crippen LogP contribution < -0.4 is 14.8 Å². The van der Waals surface area contributed by atoms with Gasteiger partial charge in [-0.15, -0.1) is 0 Å². The number of nitrogens with one attached hydrogen (secondary N) is 1. The zero-order chi connectivity index (χ0) is 19.3. The van der Waals surface area contributed by atoms with Gasteiger partial charge >= 0.3 is 0 Å². The monoisotopic (exact) mass is 379 g/mol. The number of amides is 1. The fourth-order valence-corrected chi connectivity index (χ4v) is 2.16. The predicted molar refractivity (Wildman–Crippen MR) is 89.9 cm³/mol. The summed E-state index contributed by atoms with van der Waals surface area (Å²) in [7, 11) is 1.26. The molecule has 0 fully saturated rings. The van der Waals surface area contributed by atoms with E-state index in [0.29, 0.717) is 0 Å². The van der Waals surface area contributed by atoms with Crippen LogP contribution >= 0.6 is 11.6 Å². The molecule has 0 aliphatic heterocycles. The van der Waals surface area contributed by atoms with E-state index in [1.807, 2.05) is 0 Å². The van der Waals surface area contributed by atoms with Crippen LogP contribution in [0.25, 0.3) is 0 Å². The van der Waals surface area contributed by atoms with Crippen LogP contribution in [0.5, 0.6) is 11.5 Å². The summed E-state index contributed by atoms with van der Waals surface area (Å²) in [6.45, 7) is -0.478. The number of ether oxygens (including phenoxy) is 2. The number of methoxy groups -OCH3 is 1. The van der Waals surface area contributed by atoms with Crippen molar-refractivity contribution in [2.24, 2.45) is 0 Å². The third-order valence-corrected chi connectivity index (χ3v) is 3.45. The van der Waals surface area contributed by atoms with Crippen LogP contribution in [0.4, 0.5) is 15.8 Å². The van der Waals surface area contributed by atoms with Gasteiger partial charge in [-0.05, 0) is 18.2 Å². The Morgan fingerprint density at radius 1 is 1.38 bits per heavy atom. The van der Waals surface area contributed by atoms with Crippen LogP contribution in [-0.4, -0.2) is 24.5 Å². The predicted octanol–water partition coefficient (Wildman–Crippen LogP) is 3.29. The fourth-order valence-electron chi connectivity index (χ4n) is 1.98. The molecule has 1 N–H and O–H groups in total. The Labute approximate surface area is 151 Å². The van der Waals surface area contributed by atoms with E-state index in [-0.39, 0.29) is 27.8 Å². The molecule has 0 aliphatic carbocycles. The molecule has 0 saturated carbocycles. The Bertz CT molecular complexity index is 913. The van der Waals surface area contributed by atoms with Gasteiger partial charge in [0.05, 0.1) is 23.1 Å². The Morgan fingerprint density at radius 2 is 2.12 bits per heavy atom. The van der Waals surface area contributed by atoms with Crippen molar-refractivity contribution in [2.75, 3.05) is 19.0 Å². The second-order valence-electron chi connectivity index (χ2n) is 4.85. The molecule has 0 atom stereocenters. The van der Waals surface area contributed by atoms with Crippen molar-refractivity contribution in [3.63, 3.8) is 0 Å². The van der Waals surface area contributed by atoms with Crippen LogP contribution in [0.3, 0.4) is 0 Å². The highest BCUT2D eigenvalue weighted by molar-refractivity contribution is 6.31. The smallest absolute Gasteiger partial charge is 0.291 e. The van der Waals surface area contributed by atoms with Crippen molar-refractivity contribution in [3.05, 3.63) is 56.8 Å². The van der Waals surface area contributed by atoms with Crippen molar-refractivity contribution >= 4 is 28.9 Å². The van der Waals surface area contributed by atoms with Gasteiger partial charge in [0.25, 0.3) is 11.6 Å². The van der Waals surface area contributed by atoms with Crippen molar-refractivity contribution < 1.29 is 23.6 Å². The van der Waals surface area contributed by atoms with E-state index in [1.54, 1.807) is 6.07 Å². The van der Waals surface area contributed by atoms with Gasteiger partial charge in [-0.25, -0.2) is 4.39 Å². The minimum Gasteiger partial charge on any atom is -0.493 e. The molecule has 0 bridgehead atoms. The van der Waals surface area contributed by atoms with Gasteiger partial charge in [-0.2, -0.15) is 5.26 Å². The van der Waals surface area contributed by atoms with Gasteiger partial charge in [0.2, 0.25) is 0 Å². The summed E-state index contributed by atoms with van der Waals surface area (Å²) in [4.78, 5) is 22.1. The number of nitro groups is 1. The number of hydrogen-bond donors (Lipinski definition) is 1. The summed E-state index contributed by atoms with van der Waals surface area (Å²) >= 11 is 5.62. The first-order valence-electron chi connectivity index (χ1n) is 7.00. The van der Waals surface area contributed by atoms with Crippen LogP contribution in [0, 0.1) is 27.3 Å². The van der Waals surface area contributed by atoms with Crippen molar-refractivity contribution in [3.8, 4) is 17.6 Å². The summed E-state index contributed by atoms with van der Waals surface area (Å²) in [5, 5.41) is 22.2. The lowest BCUT2D eigenvalue weighted by Crippen LogP contribution is -2.20. The number of anilines is 1. The average Bonchev–Trinajstić information content (AvgIpc) is 2.62. The molecule has 1 amide bonds. The maximum absolute atomic E-state index is 13.1. The number of benzene rings is 2. The molecular weight excluding hydrogens is 369 g/mol. The highest BCUT2D eigenvalue weighted by Crippen LogP contribution is 2.34. The molecule has 0 heterocycles. The van der Waals surface area contributed by atoms with Crippen LogP contribution in [0.1, 0.15) is 5.56 Å². The summed E-state index contributed by atoms with van der Waals surface area (Å²) in [5.41, 5.74) is -0.419. The largest absolute Gasteiger partial charge is 0.493 e. The van der Waals surface area contributed by atoms with E-state index < -0.39 is 28.9 Å². The van der Waals surface area contributed by atoms with E-state index in [9.17, 15) is 19.3 Å². The molecule has 0 aromatic heterocycles. The van der Waals surface area contributed by atoms with Gasteiger partial charge in [0.15, 0.2) is 18.1 Å². The van der Waals surface area contributed by atoms with E-state index in [1.165, 1.54) is 19.2 Å². The lowest BCUT2D eigenvalue weighted by atomic mass is 10.1. The molecule has 0 aliphatic rings. The van der Waals surface area contributed by atoms with Crippen molar-refractivity contribution in [1.29, 1.82) is 5.26 Å². The van der Waals surface area contributed by atoms with Crippen molar-refractivity contribution in [2.45, 2.75) is 0 Å². The maximum atomic E-state index is 13.1. The van der Waals surface area contributed by atoms with E-state index in [4.69, 9.17) is 26.3 Å². The molecule has 8 nitrogen and oxygen atoms in total. The average molecular weight is 380 g/mol. The quantitative estimate of drug-likeness (QED) is 0.608. The molecule has 10 heteroatoms. The molecule has 2 aromatic carbocycles. The van der Waals surface area contributed by atoms with Crippen LogP contribution in [0.2, 0.25) is 5.02 Å². The van der Waals surface area contributed by atoms with E-state index in [2.05, 4.69) is 5.32 Å². The second kappa shape index (κ2) is 8.13. The van der Waals surface area contributed by atoms with Gasteiger partial charge in [-0.3, -0.25) is 14.9 Å². The van der Waals surface area contributed by atoms with E-state index >= 15 is 0 Å². The zero-order valence-electron chi connectivity index (χ0n) is 13.3. The number of carbonyl (C=O) groups excluding carboxylic acids is 1. The molecule has 0 unspecified atom stereocenters. The first-order valence-corrected chi connectivity index (χ1v) is 7.37. The Balaban J connectivity index is 2.13. The highest BCUT2D eigenvalue weighted by atomic mass is 35.5. The number of nitro benzene ring substituents is 1. The fraction of sp³-hybridized carbons (Fsp3) is 0.125. The first kappa shape index (κ1) is 19.0. The standard InChI is InChI=1S/C16H11ClFN3O5/c1-25-14-6-13(21(23)24)9(7-19)4-15(14)26-8-16(22)20-10-2-3-12(18)11(17)5-10/h2-6H,8H2,1H3,(H,20,22). The Morgan fingerprint density at radius 3 is 2.69 bits per heavy atom. The lowest BCUT2D eigenvalue weighted by molar-refractivity contribution is -0.385. The van der Waals surface area contributed by atoms with Gasteiger partial charge < -0.3 is 14.8 Å². The number of carbonyl (C=O) groups is 1. The maximum Gasteiger partial charge on any atom is 0.291 e. The molecule has 2 aromatic rings. The SMILES string of the molecule is COc1cc([N+](=O)[O-])c(C#N)cc1OCC(=O)Nc1ccc(F)c(Cl)c1. The van der Waals surface area contributed by atoms with Crippen LogP contribution in [0.15, 0.2) is 30.3 Å². The summed E-state index contributed by atoms with van der Waals surface area (Å²) < 4.78 is 23.4. The Hall–Kier alpha value is -3.38. The number of nitriles is 1. The normalized spacial score (nSPS) is 9.92. The van der Waals surface area contributed by atoms with Gasteiger partial charge in [0, 0.05) is 11.8 Å². The minimum absolute atomic E-state index is 0.00618. The summed E-state index contributed by atoms with van der Waals surface area (Å²) in [6.07, 6.45) is 0. The molecule has 26 heavy (non-hydrogen) atoms. The third-order valence-electron chi connectivity index (χ3n) is 3.16. The number of hydrogen-bond acceptors (Lipinski definition) is 6. The first-order chi connectivity index (χ1) is 12.3. The Kier molecular flexibility index (Phi) is 5.93. The minimum atomic E-state index is -0.726. The highest BCUT2D eigenvalue weighted by Gasteiger charge is 2.20.